The minimum atomic E-state index is -0.507. The number of carbonyl (C=O) groups excluding carboxylic acids is 1. The Hall–Kier alpha value is -2.87. The highest BCUT2D eigenvalue weighted by Gasteiger charge is 2.20. The van der Waals surface area contributed by atoms with Gasteiger partial charge in [0.1, 0.15) is 0 Å². The van der Waals surface area contributed by atoms with Gasteiger partial charge in [-0.1, -0.05) is 22.0 Å². The van der Waals surface area contributed by atoms with Crippen LogP contribution in [-0.4, -0.2) is 22.8 Å². The van der Waals surface area contributed by atoms with Gasteiger partial charge in [-0.2, -0.15) is 0 Å². The molecular formula is C18H14BrN3O4. The van der Waals surface area contributed by atoms with Crippen molar-refractivity contribution >= 4 is 38.4 Å². The maximum Gasteiger partial charge on any atom is 0.271 e. The zero-order valence-electron chi connectivity index (χ0n) is 13.7. The standard InChI is InChI=1S/C18H14BrN3O4/c1-9(10-2-5-14-15(6-10)26-8-25-14)17(23)22-21-16-12-7-11(19)3-4-13(12)20-18(16)24/h2-7,9,20,24H,8H2,1H3. The highest BCUT2D eigenvalue weighted by Crippen LogP contribution is 2.38. The molecule has 0 spiro atoms. The lowest BCUT2D eigenvalue weighted by Crippen LogP contribution is -2.05. The van der Waals surface area contributed by atoms with Crippen LogP contribution in [0.5, 0.6) is 17.4 Å². The zero-order chi connectivity index (χ0) is 18.3. The number of fused-ring (bicyclic) bond motifs is 2. The lowest BCUT2D eigenvalue weighted by atomic mass is 10.0. The van der Waals surface area contributed by atoms with Crippen LogP contribution in [0.2, 0.25) is 0 Å². The number of amides is 1. The van der Waals surface area contributed by atoms with Gasteiger partial charge in [-0.3, -0.25) is 4.79 Å². The van der Waals surface area contributed by atoms with Crippen LogP contribution in [0.15, 0.2) is 51.1 Å². The predicted octanol–water partition coefficient (Wildman–Crippen LogP) is 4.78. The van der Waals surface area contributed by atoms with Crippen LogP contribution in [0.1, 0.15) is 18.4 Å². The van der Waals surface area contributed by atoms with Crippen molar-refractivity contribution in [2.24, 2.45) is 10.2 Å². The Balaban J connectivity index is 1.60. The summed E-state index contributed by atoms with van der Waals surface area (Å²) in [6.07, 6.45) is 0. The summed E-state index contributed by atoms with van der Waals surface area (Å²) in [5.41, 5.74) is 1.69. The molecule has 0 aliphatic carbocycles. The predicted molar refractivity (Wildman–Crippen MR) is 98.2 cm³/mol. The minimum Gasteiger partial charge on any atom is -0.493 e. The molecule has 1 amide bonds. The summed E-state index contributed by atoms with van der Waals surface area (Å²) in [6.45, 7) is 1.92. The summed E-state index contributed by atoms with van der Waals surface area (Å²) in [5, 5.41) is 18.5. The third-order valence-electron chi connectivity index (χ3n) is 4.23. The number of aromatic hydroxyl groups is 1. The fourth-order valence-electron chi connectivity index (χ4n) is 2.75. The van der Waals surface area contributed by atoms with Crippen molar-refractivity contribution in [3.8, 4) is 17.4 Å². The van der Waals surface area contributed by atoms with Crippen LogP contribution in [-0.2, 0) is 4.79 Å². The first-order chi connectivity index (χ1) is 12.5. The smallest absolute Gasteiger partial charge is 0.271 e. The second kappa shape index (κ2) is 6.45. The van der Waals surface area contributed by atoms with Crippen molar-refractivity contribution < 1.29 is 19.4 Å². The van der Waals surface area contributed by atoms with E-state index in [1.54, 1.807) is 37.3 Å². The number of nitrogens with zero attached hydrogens (tertiary/aromatic N) is 2. The molecular weight excluding hydrogens is 402 g/mol. The Labute approximate surface area is 156 Å². The molecule has 8 heteroatoms. The molecule has 0 saturated carbocycles. The summed E-state index contributed by atoms with van der Waals surface area (Å²) in [5.74, 6) is 0.202. The average Bonchev–Trinajstić information content (AvgIpc) is 3.22. The van der Waals surface area contributed by atoms with Crippen molar-refractivity contribution in [2.45, 2.75) is 12.8 Å². The average molecular weight is 416 g/mol. The topological polar surface area (TPSA) is 96.3 Å². The minimum absolute atomic E-state index is 0.134. The molecule has 2 aromatic carbocycles. The quantitative estimate of drug-likeness (QED) is 0.601. The van der Waals surface area contributed by atoms with Crippen molar-refractivity contribution in [3.63, 3.8) is 0 Å². The molecule has 7 nitrogen and oxygen atoms in total. The zero-order valence-corrected chi connectivity index (χ0v) is 15.3. The Kier molecular flexibility index (Phi) is 4.12. The van der Waals surface area contributed by atoms with E-state index in [9.17, 15) is 9.90 Å². The van der Waals surface area contributed by atoms with E-state index in [2.05, 4.69) is 31.1 Å². The summed E-state index contributed by atoms with van der Waals surface area (Å²) in [7, 11) is 0. The third-order valence-corrected chi connectivity index (χ3v) is 4.72. The van der Waals surface area contributed by atoms with Gasteiger partial charge in [0.2, 0.25) is 12.7 Å². The van der Waals surface area contributed by atoms with Crippen LogP contribution >= 0.6 is 15.9 Å². The number of halogens is 1. The second-order valence-electron chi connectivity index (χ2n) is 5.88. The Morgan fingerprint density at radius 2 is 2.04 bits per heavy atom. The third kappa shape index (κ3) is 2.92. The van der Waals surface area contributed by atoms with Crippen LogP contribution in [0.25, 0.3) is 10.9 Å². The molecule has 1 unspecified atom stereocenters. The molecule has 132 valence electrons. The summed E-state index contributed by atoms with van der Waals surface area (Å²) in [6, 6.07) is 10.8. The molecule has 0 radical (unpaired) electrons. The van der Waals surface area contributed by atoms with E-state index in [0.29, 0.717) is 22.4 Å². The van der Waals surface area contributed by atoms with Gasteiger partial charge >= 0.3 is 0 Å². The molecule has 3 aromatic rings. The molecule has 0 fully saturated rings. The second-order valence-corrected chi connectivity index (χ2v) is 6.80. The number of azo groups is 1. The van der Waals surface area contributed by atoms with E-state index in [4.69, 9.17) is 9.47 Å². The van der Waals surface area contributed by atoms with Gasteiger partial charge in [-0.05, 0) is 42.8 Å². The number of aromatic amines is 1. The Morgan fingerprint density at radius 1 is 1.23 bits per heavy atom. The van der Waals surface area contributed by atoms with Crippen molar-refractivity contribution in [2.75, 3.05) is 6.79 Å². The van der Waals surface area contributed by atoms with E-state index < -0.39 is 11.8 Å². The number of carbonyl (C=O) groups is 1. The van der Waals surface area contributed by atoms with Crippen molar-refractivity contribution in [1.82, 2.24) is 4.98 Å². The number of benzene rings is 2. The molecule has 1 aliphatic rings. The number of hydrogen-bond acceptors (Lipinski definition) is 5. The first kappa shape index (κ1) is 16.6. The van der Waals surface area contributed by atoms with Crippen LogP contribution < -0.4 is 9.47 Å². The molecule has 2 N–H and O–H groups in total. The molecule has 1 aromatic heterocycles. The molecule has 1 aliphatic heterocycles. The van der Waals surface area contributed by atoms with Crippen LogP contribution in [0.4, 0.5) is 5.69 Å². The van der Waals surface area contributed by atoms with Gasteiger partial charge in [0.15, 0.2) is 17.2 Å². The maximum absolute atomic E-state index is 12.4. The van der Waals surface area contributed by atoms with Gasteiger partial charge in [0.25, 0.3) is 5.91 Å². The first-order valence-electron chi connectivity index (χ1n) is 7.88. The maximum atomic E-state index is 12.4. The first-order valence-corrected chi connectivity index (χ1v) is 8.67. The number of aromatic nitrogens is 1. The fraction of sp³-hybridized carbons (Fsp3) is 0.167. The molecule has 0 saturated heterocycles. The molecule has 26 heavy (non-hydrogen) atoms. The lowest BCUT2D eigenvalue weighted by Gasteiger charge is -2.07. The van der Waals surface area contributed by atoms with Crippen molar-refractivity contribution in [1.29, 1.82) is 0 Å². The lowest BCUT2D eigenvalue weighted by molar-refractivity contribution is -0.119. The number of rotatable bonds is 3. The molecule has 4 rings (SSSR count). The molecule has 0 bridgehead atoms. The number of hydrogen-bond donors (Lipinski definition) is 2. The number of ether oxygens (including phenoxy) is 2. The van der Waals surface area contributed by atoms with Gasteiger partial charge in [0, 0.05) is 9.86 Å². The van der Waals surface area contributed by atoms with Crippen LogP contribution in [0.3, 0.4) is 0 Å². The van der Waals surface area contributed by atoms with E-state index >= 15 is 0 Å². The van der Waals surface area contributed by atoms with Crippen LogP contribution in [0, 0.1) is 0 Å². The fourth-order valence-corrected chi connectivity index (χ4v) is 3.11. The van der Waals surface area contributed by atoms with E-state index in [0.717, 1.165) is 10.0 Å². The van der Waals surface area contributed by atoms with Gasteiger partial charge < -0.3 is 19.6 Å². The van der Waals surface area contributed by atoms with E-state index in [1.165, 1.54) is 0 Å². The van der Waals surface area contributed by atoms with Crippen molar-refractivity contribution in [3.05, 3.63) is 46.4 Å². The number of H-pyrrole nitrogens is 1. The molecule has 2 heterocycles. The summed E-state index contributed by atoms with van der Waals surface area (Å²) in [4.78, 5) is 15.2. The highest BCUT2D eigenvalue weighted by atomic mass is 79.9. The highest BCUT2D eigenvalue weighted by molar-refractivity contribution is 9.10. The summed E-state index contributed by atoms with van der Waals surface area (Å²) < 4.78 is 11.4. The SMILES string of the molecule is CC(C(=O)N=Nc1c(O)[nH]c2ccc(Br)cc12)c1ccc2c(c1)OCO2. The summed E-state index contributed by atoms with van der Waals surface area (Å²) >= 11 is 3.38. The monoisotopic (exact) mass is 415 g/mol. The van der Waals surface area contributed by atoms with E-state index in [-0.39, 0.29) is 18.4 Å². The Morgan fingerprint density at radius 3 is 2.88 bits per heavy atom. The largest absolute Gasteiger partial charge is 0.493 e. The normalized spacial score (nSPS) is 14.2. The van der Waals surface area contributed by atoms with Gasteiger partial charge in [-0.15, -0.1) is 10.2 Å². The number of nitrogens with one attached hydrogen (secondary N) is 1. The van der Waals surface area contributed by atoms with Gasteiger partial charge in [0.05, 0.1) is 11.4 Å². The van der Waals surface area contributed by atoms with Gasteiger partial charge in [-0.25, -0.2) is 0 Å². The Bertz CT molecular complexity index is 1040. The molecule has 1 atom stereocenters. The van der Waals surface area contributed by atoms with E-state index in [1.807, 2.05) is 6.07 Å².